The molecule has 2 amide bonds. The molecule has 0 radical (unpaired) electrons. The summed E-state index contributed by atoms with van der Waals surface area (Å²) in [5.74, 6) is -0.656. The summed E-state index contributed by atoms with van der Waals surface area (Å²) >= 11 is 0. The molecule has 0 spiro atoms. The number of carbonyl (C=O) groups is 2. The third-order valence-corrected chi connectivity index (χ3v) is 3.38. The fourth-order valence-corrected chi connectivity index (χ4v) is 2.01. The van der Waals surface area contributed by atoms with Crippen LogP contribution in [0.4, 0.5) is 13.2 Å². The van der Waals surface area contributed by atoms with Crippen LogP contribution in [-0.4, -0.2) is 26.0 Å². The van der Waals surface area contributed by atoms with E-state index in [0.29, 0.717) is 11.5 Å². The minimum Gasteiger partial charge on any atom is -0.497 e. The number of ether oxygens (including phenoxy) is 2. The molecule has 26 heavy (non-hydrogen) atoms. The Morgan fingerprint density at radius 3 is 1.69 bits per heavy atom. The van der Waals surface area contributed by atoms with E-state index in [4.69, 9.17) is 9.47 Å². The van der Waals surface area contributed by atoms with E-state index in [-0.39, 0.29) is 11.1 Å². The highest BCUT2D eigenvalue weighted by molar-refractivity contribution is 5.99. The van der Waals surface area contributed by atoms with Gasteiger partial charge in [-0.3, -0.25) is 20.4 Å². The smallest absolute Gasteiger partial charge is 0.416 e. The van der Waals surface area contributed by atoms with Crippen LogP contribution in [0.15, 0.2) is 42.5 Å². The quantitative estimate of drug-likeness (QED) is 0.814. The van der Waals surface area contributed by atoms with Crippen LogP contribution in [0, 0.1) is 0 Å². The molecule has 0 aliphatic carbocycles. The van der Waals surface area contributed by atoms with Gasteiger partial charge in [0.1, 0.15) is 11.5 Å². The van der Waals surface area contributed by atoms with Crippen molar-refractivity contribution in [2.75, 3.05) is 14.2 Å². The number of rotatable bonds is 4. The van der Waals surface area contributed by atoms with Crippen LogP contribution in [0.3, 0.4) is 0 Å². The largest absolute Gasteiger partial charge is 0.497 e. The van der Waals surface area contributed by atoms with E-state index in [2.05, 4.69) is 10.9 Å². The number of hydrazine groups is 1. The van der Waals surface area contributed by atoms with Gasteiger partial charge in [0.05, 0.1) is 19.8 Å². The number of carbonyl (C=O) groups excluding carboxylic acids is 2. The Labute approximate surface area is 146 Å². The molecule has 0 atom stereocenters. The van der Waals surface area contributed by atoms with Gasteiger partial charge in [0.15, 0.2) is 0 Å². The topological polar surface area (TPSA) is 76.7 Å². The third-order valence-electron chi connectivity index (χ3n) is 3.38. The molecule has 2 rings (SSSR count). The van der Waals surface area contributed by atoms with E-state index >= 15 is 0 Å². The lowest BCUT2D eigenvalue weighted by atomic mass is 10.1. The van der Waals surface area contributed by atoms with E-state index in [0.717, 1.165) is 24.3 Å². The lowest BCUT2D eigenvalue weighted by molar-refractivity contribution is -0.137. The fraction of sp³-hybridized carbons (Fsp3) is 0.176. The van der Waals surface area contributed by atoms with Gasteiger partial charge in [-0.2, -0.15) is 13.2 Å². The Kier molecular flexibility index (Phi) is 5.71. The van der Waals surface area contributed by atoms with E-state index < -0.39 is 23.6 Å². The summed E-state index contributed by atoms with van der Waals surface area (Å²) in [6, 6.07) is 8.02. The van der Waals surface area contributed by atoms with Crippen LogP contribution in [0.25, 0.3) is 0 Å². The van der Waals surface area contributed by atoms with Gasteiger partial charge >= 0.3 is 6.18 Å². The summed E-state index contributed by atoms with van der Waals surface area (Å²) in [7, 11) is 2.84. The number of nitrogens with one attached hydrogen (secondary N) is 2. The van der Waals surface area contributed by atoms with Crippen molar-refractivity contribution in [1.29, 1.82) is 0 Å². The predicted octanol–water partition coefficient (Wildman–Crippen LogP) is 2.80. The average molecular weight is 368 g/mol. The maximum Gasteiger partial charge on any atom is 0.416 e. The van der Waals surface area contributed by atoms with Crippen LogP contribution >= 0.6 is 0 Å². The summed E-state index contributed by atoms with van der Waals surface area (Å²) in [6.45, 7) is 0. The zero-order valence-corrected chi connectivity index (χ0v) is 13.8. The summed E-state index contributed by atoms with van der Waals surface area (Å²) in [5, 5.41) is 0. The van der Waals surface area contributed by atoms with Crippen molar-refractivity contribution >= 4 is 11.8 Å². The van der Waals surface area contributed by atoms with Gasteiger partial charge in [0.25, 0.3) is 11.8 Å². The summed E-state index contributed by atoms with van der Waals surface area (Å²) < 4.78 is 47.6. The van der Waals surface area contributed by atoms with Crippen LogP contribution in [0.5, 0.6) is 11.5 Å². The molecular weight excluding hydrogens is 353 g/mol. The fourth-order valence-electron chi connectivity index (χ4n) is 2.01. The van der Waals surface area contributed by atoms with Crippen LogP contribution < -0.4 is 20.3 Å². The first-order chi connectivity index (χ1) is 12.2. The van der Waals surface area contributed by atoms with Gasteiger partial charge in [-0.15, -0.1) is 0 Å². The maximum atomic E-state index is 12.5. The number of amides is 2. The Bertz CT molecular complexity index is 782. The molecule has 0 heterocycles. The van der Waals surface area contributed by atoms with Crippen molar-refractivity contribution in [1.82, 2.24) is 10.9 Å². The highest BCUT2D eigenvalue weighted by atomic mass is 19.4. The van der Waals surface area contributed by atoms with E-state index in [9.17, 15) is 22.8 Å². The highest BCUT2D eigenvalue weighted by Gasteiger charge is 2.30. The van der Waals surface area contributed by atoms with Crippen molar-refractivity contribution in [3.05, 3.63) is 59.2 Å². The van der Waals surface area contributed by atoms with Gasteiger partial charge in [-0.1, -0.05) is 0 Å². The summed E-state index contributed by atoms with van der Waals surface area (Å²) in [5.41, 5.74) is 3.55. The standard InChI is InChI=1S/C17H15F3N2O4/c1-25-13-7-11(8-14(9-13)26-2)16(24)22-21-15(23)10-3-5-12(6-4-10)17(18,19)20/h3-9H,1-2H3,(H,21,23)(H,22,24). The van der Waals surface area contributed by atoms with Gasteiger partial charge in [0, 0.05) is 17.2 Å². The number of benzene rings is 2. The minimum atomic E-state index is -4.49. The molecule has 2 aromatic carbocycles. The first-order valence-corrected chi connectivity index (χ1v) is 7.25. The molecule has 2 N–H and O–H groups in total. The van der Waals surface area contributed by atoms with E-state index in [1.165, 1.54) is 26.4 Å². The number of hydrogen-bond donors (Lipinski definition) is 2. The maximum absolute atomic E-state index is 12.5. The molecule has 0 aromatic heterocycles. The molecule has 6 nitrogen and oxygen atoms in total. The highest BCUT2D eigenvalue weighted by Crippen LogP contribution is 2.29. The van der Waals surface area contributed by atoms with E-state index in [1.54, 1.807) is 6.07 Å². The molecular formula is C17H15F3N2O4. The lowest BCUT2D eigenvalue weighted by Crippen LogP contribution is -2.41. The van der Waals surface area contributed by atoms with Gasteiger partial charge in [0.2, 0.25) is 0 Å². The van der Waals surface area contributed by atoms with Crippen molar-refractivity contribution in [2.24, 2.45) is 0 Å². The predicted molar refractivity (Wildman–Crippen MR) is 85.9 cm³/mol. The molecule has 0 bridgehead atoms. The molecule has 0 aliphatic heterocycles. The molecule has 2 aromatic rings. The van der Waals surface area contributed by atoms with Crippen molar-refractivity contribution < 1.29 is 32.2 Å². The van der Waals surface area contributed by atoms with Gasteiger partial charge in [-0.05, 0) is 36.4 Å². The van der Waals surface area contributed by atoms with Gasteiger partial charge < -0.3 is 9.47 Å². The molecule has 0 aliphatic rings. The molecule has 0 unspecified atom stereocenters. The minimum absolute atomic E-state index is 0.0403. The van der Waals surface area contributed by atoms with Gasteiger partial charge in [-0.25, -0.2) is 0 Å². The average Bonchev–Trinajstić information content (AvgIpc) is 2.64. The zero-order valence-electron chi connectivity index (χ0n) is 13.8. The summed E-state index contributed by atoms with van der Waals surface area (Å²) in [6.07, 6.45) is -4.49. The second-order valence-electron chi connectivity index (χ2n) is 5.08. The molecule has 138 valence electrons. The first-order valence-electron chi connectivity index (χ1n) is 7.25. The number of hydrogen-bond acceptors (Lipinski definition) is 4. The van der Waals surface area contributed by atoms with E-state index in [1.807, 2.05) is 0 Å². The Hall–Kier alpha value is -3.23. The van der Waals surface area contributed by atoms with Crippen molar-refractivity contribution in [3.63, 3.8) is 0 Å². The van der Waals surface area contributed by atoms with Crippen LogP contribution in [0.2, 0.25) is 0 Å². The van der Waals surface area contributed by atoms with Crippen molar-refractivity contribution in [3.8, 4) is 11.5 Å². The molecule has 0 fully saturated rings. The van der Waals surface area contributed by atoms with Crippen LogP contribution in [-0.2, 0) is 6.18 Å². The first kappa shape index (κ1) is 19.1. The Balaban J connectivity index is 2.04. The van der Waals surface area contributed by atoms with Crippen molar-refractivity contribution in [2.45, 2.75) is 6.18 Å². The molecule has 9 heteroatoms. The number of methoxy groups -OCH3 is 2. The zero-order chi connectivity index (χ0) is 19.3. The van der Waals surface area contributed by atoms with Crippen LogP contribution in [0.1, 0.15) is 26.3 Å². The normalized spacial score (nSPS) is 10.8. The second-order valence-corrected chi connectivity index (χ2v) is 5.08. The number of alkyl halides is 3. The lowest BCUT2D eigenvalue weighted by Gasteiger charge is -2.11. The monoisotopic (exact) mass is 368 g/mol. The SMILES string of the molecule is COc1cc(OC)cc(C(=O)NNC(=O)c2ccc(C(F)(F)F)cc2)c1. The third kappa shape index (κ3) is 4.65. The number of halogens is 3. The molecule has 0 saturated heterocycles. The summed E-state index contributed by atoms with van der Waals surface area (Å²) in [4.78, 5) is 24.0. The second kappa shape index (κ2) is 7.77. The Morgan fingerprint density at radius 2 is 1.27 bits per heavy atom. The Morgan fingerprint density at radius 1 is 0.808 bits per heavy atom. The molecule has 0 saturated carbocycles.